The average molecular weight is 248 g/mol. The van der Waals surface area contributed by atoms with Crippen molar-refractivity contribution in [2.45, 2.75) is 6.92 Å². The first-order valence-electron chi connectivity index (χ1n) is 5.09. The quantitative estimate of drug-likeness (QED) is 0.361. The number of nitro groups is 1. The van der Waals surface area contributed by atoms with Gasteiger partial charge in [-0.05, 0) is 12.1 Å². The lowest BCUT2D eigenvalue weighted by atomic mass is 10.3. The molecule has 1 aromatic heterocycles. The Kier molecular flexibility index (Phi) is 4.62. The van der Waals surface area contributed by atoms with E-state index in [1.54, 1.807) is 19.1 Å². The minimum Gasteiger partial charge on any atom is -0.619 e. The van der Waals surface area contributed by atoms with Gasteiger partial charge in [0.05, 0.1) is 4.92 Å². The topological polar surface area (TPSA) is 90.3 Å². The van der Waals surface area contributed by atoms with Gasteiger partial charge in [-0.1, -0.05) is 6.07 Å². The fourth-order valence-corrected chi connectivity index (χ4v) is 1.09. The lowest BCUT2D eigenvalue weighted by Crippen LogP contribution is -2.28. The van der Waals surface area contributed by atoms with Gasteiger partial charge in [0.2, 0.25) is 0 Å². The van der Waals surface area contributed by atoms with Crippen LogP contribution in [0.3, 0.4) is 0 Å². The number of aryl methyl sites for hydroxylation is 1. The number of phenolic OH excluding ortho intramolecular Hbond substituents is 1. The molecule has 1 aromatic carbocycles. The first-order valence-corrected chi connectivity index (χ1v) is 5.09. The van der Waals surface area contributed by atoms with Crippen molar-refractivity contribution in [1.29, 1.82) is 0 Å². The number of aromatic nitrogens is 1. The number of pyridine rings is 1. The lowest BCUT2D eigenvalue weighted by molar-refractivity contribution is -0.612. The van der Waals surface area contributed by atoms with E-state index in [1.165, 1.54) is 30.5 Å². The molecule has 1 heterocycles. The predicted octanol–water partition coefficient (Wildman–Crippen LogP) is 1.93. The van der Waals surface area contributed by atoms with Crippen molar-refractivity contribution >= 4 is 5.69 Å². The molecule has 0 unspecified atom stereocenters. The van der Waals surface area contributed by atoms with Crippen LogP contribution in [0.4, 0.5) is 5.69 Å². The molecule has 0 aliphatic rings. The van der Waals surface area contributed by atoms with Crippen molar-refractivity contribution in [3.05, 3.63) is 69.7 Å². The smallest absolute Gasteiger partial charge is 0.269 e. The number of non-ortho nitro benzene ring substituents is 1. The molecule has 0 saturated heterocycles. The standard InChI is InChI=1S/C6H5NO3.C6H7NO/c8-6-3-1-5(2-4-6)7(9)10;1-6-4-2-3-5-7(6)8/h1-4,8H;2-5H,1H3. The summed E-state index contributed by atoms with van der Waals surface area (Å²) in [6.07, 6.45) is 1.48. The van der Waals surface area contributed by atoms with Gasteiger partial charge in [-0.25, -0.2) is 0 Å². The maximum Gasteiger partial charge on any atom is 0.269 e. The molecule has 6 nitrogen and oxygen atoms in total. The van der Waals surface area contributed by atoms with Crippen LogP contribution in [0.2, 0.25) is 0 Å². The Morgan fingerprint density at radius 1 is 1.17 bits per heavy atom. The van der Waals surface area contributed by atoms with Crippen LogP contribution in [-0.4, -0.2) is 10.0 Å². The van der Waals surface area contributed by atoms with E-state index >= 15 is 0 Å². The highest BCUT2D eigenvalue weighted by atomic mass is 16.6. The molecule has 0 bridgehead atoms. The summed E-state index contributed by atoms with van der Waals surface area (Å²) in [6.45, 7) is 1.77. The summed E-state index contributed by atoms with van der Waals surface area (Å²) in [4.78, 5) is 9.52. The van der Waals surface area contributed by atoms with Crippen LogP contribution < -0.4 is 4.73 Å². The zero-order chi connectivity index (χ0) is 13.5. The molecule has 0 spiro atoms. The molecule has 1 N–H and O–H groups in total. The molecule has 0 aliphatic carbocycles. The summed E-state index contributed by atoms with van der Waals surface area (Å²) in [5.74, 6) is 0.0330. The Bertz CT molecular complexity index is 505. The third kappa shape index (κ3) is 4.09. The maximum atomic E-state index is 10.5. The summed E-state index contributed by atoms with van der Waals surface area (Å²) in [7, 11) is 0. The highest BCUT2D eigenvalue weighted by Gasteiger charge is 2.01. The van der Waals surface area contributed by atoms with Crippen molar-refractivity contribution < 1.29 is 14.8 Å². The van der Waals surface area contributed by atoms with Gasteiger partial charge in [0.25, 0.3) is 5.69 Å². The van der Waals surface area contributed by atoms with E-state index in [1.807, 2.05) is 6.07 Å². The molecule has 0 fully saturated rings. The number of hydrogen-bond donors (Lipinski definition) is 1. The van der Waals surface area contributed by atoms with Gasteiger partial charge in [-0.15, -0.1) is 0 Å². The van der Waals surface area contributed by atoms with Crippen molar-refractivity contribution in [1.82, 2.24) is 0 Å². The first-order chi connectivity index (χ1) is 8.50. The van der Waals surface area contributed by atoms with Crippen molar-refractivity contribution in [2.75, 3.05) is 0 Å². The van der Waals surface area contributed by atoms with Crippen LogP contribution in [0.25, 0.3) is 0 Å². The van der Waals surface area contributed by atoms with E-state index in [4.69, 9.17) is 5.11 Å². The highest BCUT2D eigenvalue weighted by Crippen LogP contribution is 2.14. The molecule has 94 valence electrons. The molecule has 6 heteroatoms. The molecule has 0 amide bonds. The van der Waals surface area contributed by atoms with Crippen LogP contribution >= 0.6 is 0 Å². The third-order valence-corrected chi connectivity index (χ3v) is 2.08. The van der Waals surface area contributed by atoms with Gasteiger partial charge in [-0.3, -0.25) is 10.1 Å². The van der Waals surface area contributed by atoms with Crippen molar-refractivity contribution in [3.8, 4) is 5.75 Å². The van der Waals surface area contributed by atoms with Crippen LogP contribution in [0.5, 0.6) is 5.75 Å². The van der Waals surface area contributed by atoms with E-state index < -0.39 is 4.92 Å². The SMILES string of the molecule is Cc1cccc[n+]1[O-].O=[N+]([O-])c1ccc(O)cc1. The van der Waals surface area contributed by atoms with Crippen LogP contribution in [-0.2, 0) is 0 Å². The Morgan fingerprint density at radius 2 is 1.78 bits per heavy atom. The normalized spacial score (nSPS) is 9.17. The molecule has 0 aliphatic heterocycles. The second kappa shape index (κ2) is 6.19. The Balaban J connectivity index is 0.000000184. The van der Waals surface area contributed by atoms with Gasteiger partial charge < -0.3 is 10.3 Å². The molecule has 0 atom stereocenters. The van der Waals surface area contributed by atoms with E-state index in [-0.39, 0.29) is 11.4 Å². The van der Waals surface area contributed by atoms with Gasteiger partial charge in [0.15, 0.2) is 11.9 Å². The first kappa shape index (κ1) is 13.4. The van der Waals surface area contributed by atoms with Gasteiger partial charge in [0, 0.05) is 31.2 Å². The second-order valence-corrected chi connectivity index (χ2v) is 3.44. The molecule has 18 heavy (non-hydrogen) atoms. The molecular weight excluding hydrogens is 236 g/mol. The van der Waals surface area contributed by atoms with Gasteiger partial charge in [0.1, 0.15) is 5.75 Å². The second-order valence-electron chi connectivity index (χ2n) is 3.44. The van der Waals surface area contributed by atoms with E-state index in [0.29, 0.717) is 0 Å². The number of benzene rings is 1. The van der Waals surface area contributed by atoms with E-state index in [0.717, 1.165) is 10.4 Å². The Morgan fingerprint density at radius 3 is 2.17 bits per heavy atom. The fraction of sp³-hybridized carbons (Fsp3) is 0.0833. The Hall–Kier alpha value is -2.63. The maximum absolute atomic E-state index is 10.5. The van der Waals surface area contributed by atoms with Crippen molar-refractivity contribution in [3.63, 3.8) is 0 Å². The largest absolute Gasteiger partial charge is 0.619 e. The fourth-order valence-electron chi connectivity index (χ4n) is 1.09. The Labute approximate surface area is 103 Å². The zero-order valence-corrected chi connectivity index (χ0v) is 9.69. The third-order valence-electron chi connectivity index (χ3n) is 2.08. The average Bonchev–Trinajstić information content (AvgIpc) is 2.34. The molecule has 2 rings (SSSR count). The molecule has 2 aromatic rings. The summed E-state index contributed by atoms with van der Waals surface area (Å²) in [6, 6.07) is 10.4. The number of hydrogen-bond acceptors (Lipinski definition) is 4. The zero-order valence-electron chi connectivity index (χ0n) is 9.69. The van der Waals surface area contributed by atoms with E-state index in [9.17, 15) is 15.3 Å². The monoisotopic (exact) mass is 248 g/mol. The summed E-state index contributed by atoms with van der Waals surface area (Å²) >= 11 is 0. The van der Waals surface area contributed by atoms with Crippen LogP contribution in [0.15, 0.2) is 48.7 Å². The predicted molar refractivity (Wildman–Crippen MR) is 64.9 cm³/mol. The lowest BCUT2D eigenvalue weighted by Gasteiger charge is -1.95. The number of nitrogens with zero attached hydrogens (tertiary/aromatic N) is 2. The number of aromatic hydroxyl groups is 1. The van der Waals surface area contributed by atoms with Crippen molar-refractivity contribution in [2.24, 2.45) is 0 Å². The van der Waals surface area contributed by atoms with Gasteiger partial charge >= 0.3 is 0 Å². The highest BCUT2D eigenvalue weighted by molar-refractivity contribution is 5.34. The van der Waals surface area contributed by atoms with Gasteiger partial charge in [-0.2, -0.15) is 4.73 Å². The number of rotatable bonds is 1. The van der Waals surface area contributed by atoms with Crippen LogP contribution in [0, 0.1) is 22.2 Å². The summed E-state index contributed by atoms with van der Waals surface area (Å²) in [5, 5.41) is 29.3. The molecular formula is C12H12N2O4. The molecule has 0 radical (unpaired) electrons. The van der Waals surface area contributed by atoms with Crippen LogP contribution in [0.1, 0.15) is 5.69 Å². The summed E-state index contributed by atoms with van der Waals surface area (Å²) < 4.78 is 0.833. The summed E-state index contributed by atoms with van der Waals surface area (Å²) in [5.41, 5.74) is 0.713. The van der Waals surface area contributed by atoms with E-state index in [2.05, 4.69) is 0 Å². The number of nitro benzene ring substituents is 1. The minimum absolute atomic E-state index is 0.0159. The molecule has 0 saturated carbocycles. The minimum atomic E-state index is -0.514. The number of phenols is 1.